The third-order valence-corrected chi connectivity index (χ3v) is 3.53. The lowest BCUT2D eigenvalue weighted by Crippen LogP contribution is -2.22. The number of rotatable bonds is 4. The lowest BCUT2D eigenvalue weighted by atomic mass is 10.1. The Bertz CT molecular complexity index is 596. The first-order chi connectivity index (χ1) is 9.91. The molecule has 2 aromatic rings. The SMILES string of the molecule is CCN(Cc1ccccc1)c1ccc(C(F)(F)F)c(Cl)c1. The summed E-state index contributed by atoms with van der Waals surface area (Å²) in [6.07, 6.45) is -4.42. The van der Waals surface area contributed by atoms with Crippen LogP contribution in [0.25, 0.3) is 0 Å². The molecule has 5 heteroatoms. The van der Waals surface area contributed by atoms with Gasteiger partial charge in [-0.1, -0.05) is 41.9 Å². The second-order valence-corrected chi connectivity index (χ2v) is 5.07. The molecule has 0 amide bonds. The lowest BCUT2D eigenvalue weighted by molar-refractivity contribution is -0.137. The largest absolute Gasteiger partial charge is 0.417 e. The summed E-state index contributed by atoms with van der Waals surface area (Å²) in [4.78, 5) is 1.97. The first-order valence-electron chi connectivity index (χ1n) is 6.57. The molecule has 0 N–H and O–H groups in total. The number of benzene rings is 2. The molecule has 0 saturated carbocycles. The first kappa shape index (κ1) is 15.7. The van der Waals surface area contributed by atoms with Gasteiger partial charge < -0.3 is 4.90 Å². The zero-order valence-electron chi connectivity index (χ0n) is 11.5. The molecular formula is C16H15ClF3N. The highest BCUT2D eigenvalue weighted by Crippen LogP contribution is 2.36. The quantitative estimate of drug-likeness (QED) is 0.732. The van der Waals surface area contributed by atoms with Crippen LogP contribution in [0.4, 0.5) is 18.9 Å². The van der Waals surface area contributed by atoms with E-state index < -0.39 is 11.7 Å². The minimum atomic E-state index is -4.42. The van der Waals surface area contributed by atoms with Crippen LogP contribution < -0.4 is 4.90 Å². The van der Waals surface area contributed by atoms with Crippen molar-refractivity contribution in [2.45, 2.75) is 19.6 Å². The molecule has 1 nitrogen and oxygen atoms in total. The normalized spacial score (nSPS) is 11.5. The highest BCUT2D eigenvalue weighted by molar-refractivity contribution is 6.31. The highest BCUT2D eigenvalue weighted by atomic mass is 35.5. The van der Waals surface area contributed by atoms with E-state index in [0.717, 1.165) is 11.6 Å². The summed E-state index contributed by atoms with van der Waals surface area (Å²) >= 11 is 5.77. The molecule has 0 saturated heterocycles. The predicted octanol–water partition coefficient (Wildman–Crippen LogP) is 5.39. The van der Waals surface area contributed by atoms with E-state index in [1.54, 1.807) is 0 Å². The van der Waals surface area contributed by atoms with E-state index in [0.29, 0.717) is 18.8 Å². The zero-order valence-corrected chi connectivity index (χ0v) is 12.2. The summed E-state index contributed by atoms with van der Waals surface area (Å²) in [5, 5.41) is -0.272. The van der Waals surface area contributed by atoms with Crippen molar-refractivity contribution in [3.63, 3.8) is 0 Å². The number of nitrogens with zero attached hydrogens (tertiary/aromatic N) is 1. The maximum absolute atomic E-state index is 12.7. The molecular weight excluding hydrogens is 299 g/mol. The molecule has 0 aromatic heterocycles. The molecule has 0 aliphatic carbocycles. The van der Waals surface area contributed by atoms with Gasteiger partial charge in [-0.2, -0.15) is 13.2 Å². The Kier molecular flexibility index (Phi) is 4.78. The van der Waals surface area contributed by atoms with Gasteiger partial charge in [-0.3, -0.25) is 0 Å². The van der Waals surface area contributed by atoms with E-state index in [4.69, 9.17) is 11.6 Å². The second-order valence-electron chi connectivity index (χ2n) is 4.66. The maximum Gasteiger partial charge on any atom is 0.417 e. The minimum absolute atomic E-state index is 0.272. The minimum Gasteiger partial charge on any atom is -0.367 e. The number of hydrogen-bond donors (Lipinski definition) is 0. The molecule has 0 spiro atoms. The van der Waals surface area contributed by atoms with Crippen LogP contribution in [0.5, 0.6) is 0 Å². The lowest BCUT2D eigenvalue weighted by Gasteiger charge is -2.24. The van der Waals surface area contributed by atoms with E-state index >= 15 is 0 Å². The van der Waals surface area contributed by atoms with E-state index in [9.17, 15) is 13.2 Å². The molecule has 0 bridgehead atoms. The summed E-state index contributed by atoms with van der Waals surface area (Å²) in [6.45, 7) is 3.25. The fourth-order valence-electron chi connectivity index (χ4n) is 2.12. The molecule has 0 atom stereocenters. The van der Waals surface area contributed by atoms with Crippen LogP contribution in [-0.2, 0) is 12.7 Å². The Labute approximate surface area is 127 Å². The predicted molar refractivity (Wildman–Crippen MR) is 79.6 cm³/mol. The average molecular weight is 314 g/mol. The third-order valence-electron chi connectivity index (χ3n) is 3.22. The Morgan fingerprint density at radius 2 is 1.71 bits per heavy atom. The highest BCUT2D eigenvalue weighted by Gasteiger charge is 2.33. The Hall–Kier alpha value is -1.68. The van der Waals surface area contributed by atoms with Crippen molar-refractivity contribution in [2.24, 2.45) is 0 Å². The number of alkyl halides is 3. The van der Waals surface area contributed by atoms with Gasteiger partial charge in [0.05, 0.1) is 10.6 Å². The van der Waals surface area contributed by atoms with Crippen molar-refractivity contribution in [3.05, 3.63) is 64.7 Å². The van der Waals surface area contributed by atoms with Crippen LogP contribution in [-0.4, -0.2) is 6.54 Å². The van der Waals surface area contributed by atoms with E-state index in [1.807, 2.05) is 42.2 Å². The molecule has 0 unspecified atom stereocenters. The van der Waals surface area contributed by atoms with Gasteiger partial charge in [0, 0.05) is 18.8 Å². The van der Waals surface area contributed by atoms with Gasteiger partial charge in [0.1, 0.15) is 0 Å². The van der Waals surface area contributed by atoms with Crippen molar-refractivity contribution in [3.8, 4) is 0 Å². The van der Waals surface area contributed by atoms with Crippen molar-refractivity contribution < 1.29 is 13.2 Å². The van der Waals surface area contributed by atoms with Crippen molar-refractivity contribution in [1.82, 2.24) is 0 Å². The first-order valence-corrected chi connectivity index (χ1v) is 6.95. The summed E-state index contributed by atoms with van der Waals surface area (Å²) in [5.41, 5.74) is 0.971. The number of halogens is 4. The second kappa shape index (κ2) is 6.39. The van der Waals surface area contributed by atoms with Gasteiger partial charge in [0.15, 0.2) is 0 Å². The van der Waals surface area contributed by atoms with Gasteiger partial charge in [0.25, 0.3) is 0 Å². The van der Waals surface area contributed by atoms with Gasteiger partial charge in [-0.05, 0) is 30.7 Å². The van der Waals surface area contributed by atoms with Crippen LogP contribution >= 0.6 is 11.6 Å². The standard InChI is InChI=1S/C16H15ClF3N/c1-2-21(11-12-6-4-3-5-7-12)13-8-9-14(15(17)10-13)16(18,19)20/h3-10H,2,11H2,1H3. The molecule has 21 heavy (non-hydrogen) atoms. The van der Waals surface area contributed by atoms with E-state index in [-0.39, 0.29) is 5.02 Å². The van der Waals surface area contributed by atoms with Crippen LogP contribution in [0, 0.1) is 0 Å². The molecule has 0 radical (unpaired) electrons. The summed E-state index contributed by atoms with van der Waals surface area (Å²) in [6, 6.07) is 13.6. The summed E-state index contributed by atoms with van der Waals surface area (Å²) < 4.78 is 38.1. The van der Waals surface area contributed by atoms with Gasteiger partial charge in [0.2, 0.25) is 0 Å². The molecule has 0 aliphatic rings. The summed E-state index contributed by atoms with van der Waals surface area (Å²) in [7, 11) is 0. The fraction of sp³-hybridized carbons (Fsp3) is 0.250. The van der Waals surface area contributed by atoms with Gasteiger partial charge in [-0.15, -0.1) is 0 Å². The number of hydrogen-bond acceptors (Lipinski definition) is 1. The van der Waals surface area contributed by atoms with Crippen LogP contribution in [0.15, 0.2) is 48.5 Å². The molecule has 0 heterocycles. The Balaban J connectivity index is 2.25. The van der Waals surface area contributed by atoms with Crippen molar-refractivity contribution in [2.75, 3.05) is 11.4 Å². The van der Waals surface area contributed by atoms with Crippen molar-refractivity contribution >= 4 is 17.3 Å². The average Bonchev–Trinajstić information content (AvgIpc) is 2.44. The molecule has 112 valence electrons. The Morgan fingerprint density at radius 1 is 1.05 bits per heavy atom. The molecule has 0 aliphatic heterocycles. The van der Waals surface area contributed by atoms with Crippen molar-refractivity contribution in [1.29, 1.82) is 0 Å². The summed E-state index contributed by atoms with van der Waals surface area (Å²) in [5.74, 6) is 0. The van der Waals surface area contributed by atoms with Gasteiger partial charge in [-0.25, -0.2) is 0 Å². The maximum atomic E-state index is 12.7. The van der Waals surface area contributed by atoms with Crippen LogP contribution in [0.2, 0.25) is 5.02 Å². The van der Waals surface area contributed by atoms with Gasteiger partial charge >= 0.3 is 6.18 Å². The monoisotopic (exact) mass is 313 g/mol. The van der Waals surface area contributed by atoms with E-state index in [1.165, 1.54) is 12.1 Å². The zero-order chi connectivity index (χ0) is 15.5. The topological polar surface area (TPSA) is 3.24 Å². The van der Waals surface area contributed by atoms with E-state index in [2.05, 4.69) is 0 Å². The smallest absolute Gasteiger partial charge is 0.367 e. The Morgan fingerprint density at radius 3 is 2.24 bits per heavy atom. The molecule has 2 rings (SSSR count). The fourth-order valence-corrected chi connectivity index (χ4v) is 2.40. The molecule has 2 aromatic carbocycles. The van der Waals surface area contributed by atoms with Crippen LogP contribution in [0.1, 0.15) is 18.1 Å². The third kappa shape index (κ3) is 3.91. The van der Waals surface area contributed by atoms with Crippen LogP contribution in [0.3, 0.4) is 0 Å². The number of anilines is 1. The molecule has 0 fully saturated rings.